The van der Waals surface area contributed by atoms with Gasteiger partial charge in [0.15, 0.2) is 0 Å². The van der Waals surface area contributed by atoms with Crippen molar-refractivity contribution in [2.24, 2.45) is 0 Å². The van der Waals surface area contributed by atoms with E-state index < -0.39 is 11.9 Å². The molecule has 0 aromatic carbocycles. The van der Waals surface area contributed by atoms with Crippen LogP contribution in [-0.4, -0.2) is 29.0 Å². The molecule has 3 aromatic heterocycles. The van der Waals surface area contributed by atoms with Crippen LogP contribution in [0.15, 0.2) is 10.9 Å². The number of aromatic nitrogens is 2. The molecule has 0 unspecified atom stereocenters. The Kier molecular flexibility index (Phi) is 4.92. The summed E-state index contributed by atoms with van der Waals surface area (Å²) in [5, 5.41) is 0.342. The maximum absolute atomic E-state index is 12.3. The fourth-order valence-corrected chi connectivity index (χ4v) is 4.62. The molecule has 0 saturated heterocycles. The van der Waals surface area contributed by atoms with E-state index in [-0.39, 0.29) is 18.0 Å². The summed E-state index contributed by atoms with van der Waals surface area (Å²) in [6.07, 6.45) is 0. The molecule has 0 spiro atoms. The zero-order chi connectivity index (χ0) is 19.0. The van der Waals surface area contributed by atoms with Crippen molar-refractivity contribution in [3.8, 4) is 0 Å². The van der Waals surface area contributed by atoms with Gasteiger partial charge in [0.2, 0.25) is 0 Å². The van der Waals surface area contributed by atoms with E-state index in [2.05, 4.69) is 9.97 Å². The van der Waals surface area contributed by atoms with E-state index in [9.17, 15) is 14.4 Å². The number of methoxy groups -OCH3 is 1. The summed E-state index contributed by atoms with van der Waals surface area (Å²) in [4.78, 5) is 45.9. The molecular formula is C17H16N2O5S2. The lowest BCUT2D eigenvalue weighted by Gasteiger charge is -2.04. The van der Waals surface area contributed by atoms with Crippen LogP contribution in [-0.2, 0) is 16.1 Å². The lowest BCUT2D eigenvalue weighted by atomic mass is 10.2. The van der Waals surface area contributed by atoms with Gasteiger partial charge in [-0.1, -0.05) is 0 Å². The predicted molar refractivity (Wildman–Crippen MR) is 99.2 cm³/mol. The number of aromatic amines is 1. The number of hydrogen-bond donors (Lipinski definition) is 1. The highest BCUT2D eigenvalue weighted by atomic mass is 32.1. The molecule has 0 bridgehead atoms. The van der Waals surface area contributed by atoms with Crippen LogP contribution in [0, 0.1) is 20.8 Å². The lowest BCUT2D eigenvalue weighted by Crippen LogP contribution is -2.14. The number of ether oxygens (including phenoxy) is 2. The molecule has 0 aliphatic carbocycles. The molecule has 3 rings (SSSR count). The van der Waals surface area contributed by atoms with Gasteiger partial charge in [-0.05, 0) is 32.4 Å². The number of nitrogens with one attached hydrogen (secondary N) is 1. The van der Waals surface area contributed by atoms with Crippen molar-refractivity contribution < 1.29 is 19.1 Å². The SMILES string of the molecule is COC(=O)c1sc2nc(COC(=O)c3cc(C)sc3C)[nH]c(=O)c2c1C. The molecule has 0 atom stereocenters. The Morgan fingerprint density at radius 3 is 2.54 bits per heavy atom. The number of hydrogen-bond acceptors (Lipinski definition) is 8. The Labute approximate surface area is 156 Å². The molecule has 136 valence electrons. The number of aryl methyl sites for hydroxylation is 3. The van der Waals surface area contributed by atoms with E-state index in [1.807, 2.05) is 13.8 Å². The van der Waals surface area contributed by atoms with Crippen molar-refractivity contribution in [2.75, 3.05) is 7.11 Å². The number of carbonyl (C=O) groups is 2. The summed E-state index contributed by atoms with van der Waals surface area (Å²) in [5.41, 5.74) is 0.655. The minimum absolute atomic E-state index is 0.164. The first-order valence-electron chi connectivity index (χ1n) is 7.66. The molecule has 0 saturated carbocycles. The summed E-state index contributed by atoms with van der Waals surface area (Å²) in [7, 11) is 1.28. The molecule has 9 heteroatoms. The zero-order valence-corrected chi connectivity index (χ0v) is 16.2. The van der Waals surface area contributed by atoms with Gasteiger partial charge < -0.3 is 14.5 Å². The van der Waals surface area contributed by atoms with Gasteiger partial charge >= 0.3 is 11.9 Å². The average Bonchev–Trinajstić information content (AvgIpc) is 3.11. The van der Waals surface area contributed by atoms with Crippen molar-refractivity contribution in [2.45, 2.75) is 27.4 Å². The van der Waals surface area contributed by atoms with Crippen molar-refractivity contribution >= 4 is 44.8 Å². The fourth-order valence-electron chi connectivity index (χ4n) is 2.59. The molecule has 3 heterocycles. The fraction of sp³-hybridized carbons (Fsp3) is 0.294. The van der Waals surface area contributed by atoms with Crippen LogP contribution in [0.2, 0.25) is 0 Å². The molecule has 26 heavy (non-hydrogen) atoms. The second-order valence-electron chi connectivity index (χ2n) is 5.64. The highest BCUT2D eigenvalue weighted by molar-refractivity contribution is 7.20. The summed E-state index contributed by atoms with van der Waals surface area (Å²) < 4.78 is 9.99. The van der Waals surface area contributed by atoms with Crippen LogP contribution in [0.5, 0.6) is 0 Å². The van der Waals surface area contributed by atoms with E-state index in [1.54, 1.807) is 13.0 Å². The van der Waals surface area contributed by atoms with Gasteiger partial charge in [-0.2, -0.15) is 0 Å². The molecule has 1 N–H and O–H groups in total. The first-order valence-corrected chi connectivity index (χ1v) is 9.30. The molecule has 0 amide bonds. The summed E-state index contributed by atoms with van der Waals surface area (Å²) in [6.45, 7) is 5.27. The molecular weight excluding hydrogens is 376 g/mol. The number of fused-ring (bicyclic) bond motifs is 1. The quantitative estimate of drug-likeness (QED) is 0.685. The van der Waals surface area contributed by atoms with Crippen LogP contribution in [0.1, 0.15) is 41.2 Å². The van der Waals surface area contributed by atoms with E-state index in [0.29, 0.717) is 26.2 Å². The summed E-state index contributed by atoms with van der Waals surface area (Å²) in [5.74, 6) is -0.758. The van der Waals surface area contributed by atoms with Crippen LogP contribution in [0.3, 0.4) is 0 Å². The molecule has 7 nitrogen and oxygen atoms in total. The minimum atomic E-state index is -0.513. The normalized spacial score (nSPS) is 10.9. The van der Waals surface area contributed by atoms with Crippen LogP contribution >= 0.6 is 22.7 Å². The maximum atomic E-state index is 12.3. The van der Waals surface area contributed by atoms with Crippen LogP contribution < -0.4 is 5.56 Å². The number of H-pyrrole nitrogens is 1. The third-order valence-electron chi connectivity index (χ3n) is 3.82. The average molecular weight is 392 g/mol. The minimum Gasteiger partial charge on any atom is -0.465 e. The Hall–Kier alpha value is -2.52. The second-order valence-corrected chi connectivity index (χ2v) is 8.10. The van der Waals surface area contributed by atoms with E-state index in [4.69, 9.17) is 9.47 Å². The lowest BCUT2D eigenvalue weighted by molar-refractivity contribution is 0.0461. The second kappa shape index (κ2) is 7.00. The van der Waals surface area contributed by atoms with E-state index in [1.165, 1.54) is 18.4 Å². The number of nitrogens with zero attached hydrogens (tertiary/aromatic N) is 1. The van der Waals surface area contributed by atoms with Gasteiger partial charge in [0.25, 0.3) is 5.56 Å². The maximum Gasteiger partial charge on any atom is 0.348 e. The largest absolute Gasteiger partial charge is 0.465 e. The molecule has 0 aliphatic rings. The Balaban J connectivity index is 1.87. The molecule has 0 aliphatic heterocycles. The van der Waals surface area contributed by atoms with Gasteiger partial charge in [-0.3, -0.25) is 4.79 Å². The van der Waals surface area contributed by atoms with E-state index >= 15 is 0 Å². The standard InChI is InChI=1S/C17H16N2O5S2/c1-7-5-10(9(3)25-7)16(21)24-6-11-18-14(20)12-8(2)13(17(22)23-4)26-15(12)19-11/h5H,6H2,1-4H3,(H,18,19,20). The third kappa shape index (κ3) is 3.27. The van der Waals surface area contributed by atoms with Gasteiger partial charge in [0, 0.05) is 9.75 Å². The Morgan fingerprint density at radius 1 is 1.19 bits per heavy atom. The van der Waals surface area contributed by atoms with Crippen molar-refractivity contribution in [3.05, 3.63) is 48.0 Å². The highest BCUT2D eigenvalue weighted by Crippen LogP contribution is 2.27. The van der Waals surface area contributed by atoms with Crippen molar-refractivity contribution in [1.82, 2.24) is 9.97 Å². The van der Waals surface area contributed by atoms with Gasteiger partial charge in [-0.25, -0.2) is 14.6 Å². The first kappa shape index (κ1) is 18.3. The molecule has 0 radical (unpaired) electrons. The van der Waals surface area contributed by atoms with Crippen LogP contribution in [0.4, 0.5) is 0 Å². The monoisotopic (exact) mass is 392 g/mol. The molecule has 3 aromatic rings. The van der Waals surface area contributed by atoms with Gasteiger partial charge in [-0.15, -0.1) is 22.7 Å². The van der Waals surface area contributed by atoms with Gasteiger partial charge in [0.1, 0.15) is 22.1 Å². The number of esters is 2. The van der Waals surface area contributed by atoms with Crippen molar-refractivity contribution in [3.63, 3.8) is 0 Å². The Bertz CT molecular complexity index is 1080. The summed E-state index contributed by atoms with van der Waals surface area (Å²) in [6, 6.07) is 1.77. The number of carbonyl (C=O) groups excluding carboxylic acids is 2. The van der Waals surface area contributed by atoms with E-state index in [0.717, 1.165) is 21.1 Å². The predicted octanol–water partition coefficient (Wildman–Crippen LogP) is 3.11. The number of rotatable bonds is 4. The zero-order valence-electron chi connectivity index (χ0n) is 14.6. The third-order valence-corrected chi connectivity index (χ3v) is 5.95. The number of thiophene rings is 2. The molecule has 0 fully saturated rings. The summed E-state index contributed by atoms with van der Waals surface area (Å²) >= 11 is 2.59. The highest BCUT2D eigenvalue weighted by Gasteiger charge is 2.20. The Morgan fingerprint density at radius 2 is 1.92 bits per heavy atom. The van der Waals surface area contributed by atoms with Gasteiger partial charge in [0.05, 0.1) is 18.1 Å². The van der Waals surface area contributed by atoms with Crippen molar-refractivity contribution in [1.29, 1.82) is 0 Å². The smallest absolute Gasteiger partial charge is 0.348 e. The topological polar surface area (TPSA) is 98.3 Å². The first-order chi connectivity index (χ1) is 12.3. The van der Waals surface area contributed by atoms with Crippen LogP contribution in [0.25, 0.3) is 10.2 Å².